The third kappa shape index (κ3) is 9.80. The van der Waals surface area contributed by atoms with Gasteiger partial charge in [0.1, 0.15) is 6.61 Å². The molecule has 31 heavy (non-hydrogen) atoms. The third-order valence-corrected chi connectivity index (χ3v) is 4.93. The van der Waals surface area contributed by atoms with Crippen molar-refractivity contribution in [3.05, 3.63) is 71.3 Å². The molecule has 1 atom stereocenters. The summed E-state index contributed by atoms with van der Waals surface area (Å²) in [5.41, 5.74) is 13.5. The number of hydrogen-bond donors (Lipinski definition) is 3. The highest BCUT2D eigenvalue weighted by molar-refractivity contribution is 5.79. The van der Waals surface area contributed by atoms with Crippen LogP contribution in [0.15, 0.2) is 59.6 Å². The lowest BCUT2D eigenvalue weighted by molar-refractivity contribution is -0.152. The van der Waals surface area contributed by atoms with Crippen LogP contribution in [0.25, 0.3) is 0 Å². The Morgan fingerprint density at radius 3 is 2.23 bits per heavy atom. The molecule has 2 rings (SSSR count). The smallest absolute Gasteiger partial charge is 0.307 e. The number of aliphatic imine (C=N–C) groups is 1. The molecule has 0 unspecified atom stereocenters. The van der Waals surface area contributed by atoms with Gasteiger partial charge < -0.3 is 21.3 Å². The average Bonchev–Trinajstić information content (AvgIpc) is 2.75. The molecule has 2 aromatic rings. The molecule has 7 heteroatoms. The maximum atomic E-state index is 12.1. The fraction of sp³-hybridized carbons (Fsp3) is 0.375. The fourth-order valence-electron chi connectivity index (χ4n) is 3.20. The summed E-state index contributed by atoms with van der Waals surface area (Å²) in [5.74, 6) is -2.19. The highest BCUT2D eigenvalue weighted by Crippen LogP contribution is 2.16. The number of carboxylic acids is 1. The molecule has 0 saturated heterocycles. The first-order valence-electron chi connectivity index (χ1n) is 10.5. The summed E-state index contributed by atoms with van der Waals surface area (Å²) in [6, 6.07) is 17.2. The highest BCUT2D eigenvalue weighted by atomic mass is 16.5. The number of nitrogens with zero attached hydrogens (tertiary/aromatic N) is 1. The molecule has 0 radical (unpaired) electrons. The Labute approximate surface area is 183 Å². The van der Waals surface area contributed by atoms with Crippen LogP contribution in [-0.2, 0) is 33.8 Å². The predicted octanol–water partition coefficient (Wildman–Crippen LogP) is 3.05. The van der Waals surface area contributed by atoms with Gasteiger partial charge in [0.05, 0.1) is 12.3 Å². The van der Waals surface area contributed by atoms with Gasteiger partial charge in [-0.25, -0.2) is 0 Å². The number of carbonyl (C=O) groups is 2. The minimum Gasteiger partial charge on any atom is -0.481 e. The maximum absolute atomic E-state index is 12.1. The monoisotopic (exact) mass is 425 g/mol. The highest BCUT2D eigenvalue weighted by Gasteiger charge is 2.22. The summed E-state index contributed by atoms with van der Waals surface area (Å²) in [7, 11) is 0. The van der Waals surface area contributed by atoms with Gasteiger partial charge in [0.25, 0.3) is 0 Å². The second-order valence-corrected chi connectivity index (χ2v) is 7.52. The van der Waals surface area contributed by atoms with Crippen molar-refractivity contribution >= 4 is 17.9 Å². The summed E-state index contributed by atoms with van der Waals surface area (Å²) in [4.78, 5) is 27.7. The Morgan fingerprint density at radius 1 is 0.903 bits per heavy atom. The number of unbranched alkanes of at least 4 members (excludes halogenated alkanes) is 2. The normalized spacial score (nSPS) is 11.5. The number of aryl methyl sites for hydroxylation is 1. The summed E-state index contributed by atoms with van der Waals surface area (Å²) in [6.45, 7) is 0.790. The van der Waals surface area contributed by atoms with Crippen molar-refractivity contribution in [2.75, 3.05) is 6.54 Å². The molecule has 0 aliphatic heterocycles. The van der Waals surface area contributed by atoms with E-state index in [1.54, 1.807) is 0 Å². The van der Waals surface area contributed by atoms with Crippen LogP contribution in [0.2, 0.25) is 0 Å². The lowest BCUT2D eigenvalue weighted by Gasteiger charge is -2.13. The number of guanidine groups is 1. The molecule has 0 heterocycles. The van der Waals surface area contributed by atoms with E-state index in [4.69, 9.17) is 16.2 Å². The zero-order valence-corrected chi connectivity index (χ0v) is 17.7. The third-order valence-electron chi connectivity index (χ3n) is 4.93. The zero-order valence-electron chi connectivity index (χ0n) is 17.7. The van der Waals surface area contributed by atoms with Crippen LogP contribution >= 0.6 is 0 Å². The SMILES string of the molecule is NC(N)=NCCCCCc1ccc(C[C@H](CC(=O)OCc2ccccc2)C(=O)O)cc1. The predicted molar refractivity (Wildman–Crippen MR) is 120 cm³/mol. The van der Waals surface area contributed by atoms with E-state index in [0.29, 0.717) is 6.54 Å². The van der Waals surface area contributed by atoms with Gasteiger partial charge in [-0.2, -0.15) is 0 Å². The molecule has 0 aromatic heterocycles. The van der Waals surface area contributed by atoms with E-state index in [0.717, 1.165) is 36.8 Å². The quantitative estimate of drug-likeness (QED) is 0.196. The lowest BCUT2D eigenvalue weighted by atomic mass is 9.95. The van der Waals surface area contributed by atoms with Gasteiger partial charge >= 0.3 is 11.9 Å². The largest absolute Gasteiger partial charge is 0.481 e. The van der Waals surface area contributed by atoms with Gasteiger partial charge in [0, 0.05) is 6.54 Å². The fourth-order valence-corrected chi connectivity index (χ4v) is 3.20. The summed E-state index contributed by atoms with van der Waals surface area (Å²) in [6.07, 6.45) is 4.08. The second-order valence-electron chi connectivity index (χ2n) is 7.52. The van der Waals surface area contributed by atoms with Crippen LogP contribution < -0.4 is 11.5 Å². The number of hydrogen-bond acceptors (Lipinski definition) is 4. The first-order chi connectivity index (χ1) is 14.9. The van der Waals surface area contributed by atoms with Crippen molar-refractivity contribution in [1.82, 2.24) is 0 Å². The Balaban J connectivity index is 1.77. The molecule has 0 fully saturated rings. The van der Waals surface area contributed by atoms with E-state index in [2.05, 4.69) is 4.99 Å². The number of carbonyl (C=O) groups excluding carboxylic acids is 1. The van der Waals surface area contributed by atoms with Crippen LogP contribution in [0.4, 0.5) is 0 Å². The van der Waals surface area contributed by atoms with E-state index >= 15 is 0 Å². The van der Waals surface area contributed by atoms with E-state index < -0.39 is 17.9 Å². The molecule has 166 valence electrons. The molecule has 0 aliphatic carbocycles. The van der Waals surface area contributed by atoms with Crippen LogP contribution in [0.1, 0.15) is 42.4 Å². The number of carboxylic acid groups (broad SMARTS) is 1. The van der Waals surface area contributed by atoms with Crippen molar-refractivity contribution in [2.45, 2.75) is 45.1 Å². The summed E-state index contributed by atoms with van der Waals surface area (Å²) >= 11 is 0. The van der Waals surface area contributed by atoms with Gasteiger partial charge in [-0.1, -0.05) is 61.0 Å². The zero-order chi connectivity index (χ0) is 22.5. The summed E-state index contributed by atoms with van der Waals surface area (Å²) in [5, 5.41) is 9.51. The first-order valence-corrected chi connectivity index (χ1v) is 10.5. The van der Waals surface area contributed by atoms with E-state index in [1.807, 2.05) is 54.6 Å². The topological polar surface area (TPSA) is 128 Å². The van der Waals surface area contributed by atoms with E-state index in [-0.39, 0.29) is 25.4 Å². The van der Waals surface area contributed by atoms with Gasteiger partial charge in [0.2, 0.25) is 0 Å². The van der Waals surface area contributed by atoms with Gasteiger partial charge in [0.15, 0.2) is 5.96 Å². The summed E-state index contributed by atoms with van der Waals surface area (Å²) < 4.78 is 5.23. The van der Waals surface area contributed by atoms with Crippen LogP contribution in [0.5, 0.6) is 0 Å². The number of esters is 1. The van der Waals surface area contributed by atoms with Crippen molar-refractivity contribution in [1.29, 1.82) is 0 Å². The molecular formula is C24H31N3O4. The minimum absolute atomic E-state index is 0.125. The van der Waals surface area contributed by atoms with Crippen molar-refractivity contribution in [2.24, 2.45) is 22.4 Å². The van der Waals surface area contributed by atoms with Crippen molar-refractivity contribution in [3.63, 3.8) is 0 Å². The molecule has 7 nitrogen and oxygen atoms in total. The molecule has 0 spiro atoms. The first kappa shape index (κ1) is 23.9. The molecule has 0 saturated carbocycles. The molecule has 0 amide bonds. The Morgan fingerprint density at radius 2 is 1.58 bits per heavy atom. The van der Waals surface area contributed by atoms with Gasteiger partial charge in [-0.15, -0.1) is 0 Å². The minimum atomic E-state index is -0.999. The van der Waals surface area contributed by atoms with E-state index in [1.165, 1.54) is 5.56 Å². The molecule has 2 aromatic carbocycles. The molecule has 0 bridgehead atoms. The Bertz CT molecular complexity index is 847. The van der Waals surface area contributed by atoms with Crippen molar-refractivity contribution < 1.29 is 19.4 Å². The van der Waals surface area contributed by atoms with Crippen LogP contribution in [-0.4, -0.2) is 29.5 Å². The Kier molecular flexibility index (Phi) is 10.1. The lowest BCUT2D eigenvalue weighted by Crippen LogP contribution is -2.22. The molecular weight excluding hydrogens is 394 g/mol. The average molecular weight is 426 g/mol. The van der Waals surface area contributed by atoms with Crippen LogP contribution in [0.3, 0.4) is 0 Å². The van der Waals surface area contributed by atoms with Gasteiger partial charge in [-0.05, 0) is 42.4 Å². The molecule has 0 aliphatic rings. The van der Waals surface area contributed by atoms with Gasteiger partial charge in [-0.3, -0.25) is 14.6 Å². The maximum Gasteiger partial charge on any atom is 0.307 e. The second kappa shape index (κ2) is 13.1. The standard InChI is InChI=1S/C24H31N3O4/c25-24(26)27-14-6-2-5-7-18-10-12-19(13-11-18)15-21(23(29)30)16-22(28)31-17-20-8-3-1-4-9-20/h1,3-4,8-13,21H,2,5-7,14-17H2,(H,29,30)(H4,25,26,27)/t21-/m1/s1. The molecule has 5 N–H and O–H groups in total. The van der Waals surface area contributed by atoms with Crippen LogP contribution in [0, 0.1) is 5.92 Å². The number of ether oxygens (including phenoxy) is 1. The Hall–Kier alpha value is -3.35. The number of rotatable bonds is 13. The number of benzene rings is 2. The number of nitrogens with two attached hydrogens (primary N) is 2. The van der Waals surface area contributed by atoms with E-state index in [9.17, 15) is 14.7 Å². The number of aliphatic carboxylic acids is 1. The van der Waals surface area contributed by atoms with Crippen molar-refractivity contribution in [3.8, 4) is 0 Å².